The Hall–Kier alpha value is -1.28. The van der Waals surface area contributed by atoms with Crippen LogP contribution in [0.5, 0.6) is 0 Å². The van der Waals surface area contributed by atoms with Crippen LogP contribution in [0.15, 0.2) is 27.7 Å². The van der Waals surface area contributed by atoms with Crippen LogP contribution in [-0.4, -0.2) is 11.2 Å². The number of nitrogens with zero attached hydrogens (tertiary/aromatic N) is 1. The summed E-state index contributed by atoms with van der Waals surface area (Å²) in [7, 11) is 0. The number of guanidine groups is 1. The molecule has 1 aromatic rings. The summed E-state index contributed by atoms with van der Waals surface area (Å²) in [6.07, 6.45) is -4.45. The van der Waals surface area contributed by atoms with E-state index in [4.69, 9.17) is 10.9 Å². The van der Waals surface area contributed by atoms with E-state index in [1.807, 2.05) is 0 Å². The van der Waals surface area contributed by atoms with Gasteiger partial charge in [-0.15, -0.1) is 0 Å². The molecule has 0 aromatic heterocycles. The number of aliphatic imine (C=N–C) groups is 1. The lowest BCUT2D eigenvalue weighted by Gasteiger charge is -2.08. The normalized spacial score (nSPS) is 12.7. The third-order valence-electron chi connectivity index (χ3n) is 1.63. The smallest absolute Gasteiger partial charge is 0.368 e. The van der Waals surface area contributed by atoms with Crippen LogP contribution in [0.2, 0.25) is 0 Å². The lowest BCUT2D eigenvalue weighted by molar-refractivity contribution is -0.137. The average Bonchev–Trinajstić information content (AvgIpc) is 2.19. The summed E-state index contributed by atoms with van der Waals surface area (Å²) in [5, 5.41) is 8.37. The number of alkyl halides is 3. The second-order valence-corrected chi connectivity index (χ2v) is 3.63. The van der Waals surface area contributed by atoms with Gasteiger partial charge in [0.1, 0.15) is 0 Å². The van der Waals surface area contributed by atoms with Crippen molar-refractivity contribution in [3.8, 4) is 0 Å². The molecule has 88 valence electrons. The van der Waals surface area contributed by atoms with Gasteiger partial charge in [0.2, 0.25) is 5.96 Å². The van der Waals surface area contributed by atoms with Crippen molar-refractivity contribution in [3.63, 3.8) is 0 Å². The SMILES string of the molecule is NC(=Nc1cc(C(F)(F)F)ccc1Br)NO. The largest absolute Gasteiger partial charge is 0.416 e. The van der Waals surface area contributed by atoms with E-state index >= 15 is 0 Å². The van der Waals surface area contributed by atoms with Crippen molar-refractivity contribution in [1.82, 2.24) is 5.48 Å². The maximum Gasteiger partial charge on any atom is 0.416 e. The first-order chi connectivity index (χ1) is 7.34. The number of benzene rings is 1. The zero-order valence-corrected chi connectivity index (χ0v) is 9.30. The lowest BCUT2D eigenvalue weighted by atomic mass is 10.2. The Morgan fingerprint density at radius 3 is 2.56 bits per heavy atom. The number of hydroxylamine groups is 1. The summed E-state index contributed by atoms with van der Waals surface area (Å²) in [5.41, 5.74) is 5.76. The molecule has 1 aromatic carbocycles. The maximum absolute atomic E-state index is 12.4. The standard InChI is InChI=1S/C8H7BrF3N3O/c9-5-2-1-4(8(10,11)12)3-6(5)14-7(13)15-16/h1-3,16H,(H3,13,14,15). The van der Waals surface area contributed by atoms with Gasteiger partial charge < -0.3 is 5.73 Å². The molecule has 0 saturated carbocycles. The van der Waals surface area contributed by atoms with Crippen LogP contribution in [0.4, 0.5) is 18.9 Å². The number of nitrogens with one attached hydrogen (secondary N) is 1. The van der Waals surface area contributed by atoms with Gasteiger partial charge >= 0.3 is 6.18 Å². The Morgan fingerprint density at radius 1 is 1.44 bits per heavy atom. The van der Waals surface area contributed by atoms with Crippen LogP contribution in [0.25, 0.3) is 0 Å². The third kappa shape index (κ3) is 3.11. The van der Waals surface area contributed by atoms with Gasteiger partial charge in [-0.05, 0) is 34.1 Å². The van der Waals surface area contributed by atoms with Gasteiger partial charge in [-0.1, -0.05) is 0 Å². The number of nitrogens with two attached hydrogens (primary N) is 1. The van der Waals surface area contributed by atoms with E-state index in [2.05, 4.69) is 20.9 Å². The van der Waals surface area contributed by atoms with Gasteiger partial charge in [0, 0.05) is 4.47 Å². The van der Waals surface area contributed by atoms with Crippen molar-refractivity contribution in [2.45, 2.75) is 6.18 Å². The maximum atomic E-state index is 12.4. The molecule has 0 aliphatic rings. The minimum Gasteiger partial charge on any atom is -0.368 e. The van der Waals surface area contributed by atoms with E-state index in [0.29, 0.717) is 4.47 Å². The van der Waals surface area contributed by atoms with Crippen LogP contribution in [0.3, 0.4) is 0 Å². The Morgan fingerprint density at radius 2 is 2.06 bits per heavy atom. The molecule has 0 radical (unpaired) electrons. The summed E-state index contributed by atoms with van der Waals surface area (Å²) >= 11 is 3.02. The molecule has 0 bridgehead atoms. The average molecular weight is 298 g/mol. The molecule has 0 heterocycles. The molecule has 0 amide bonds. The summed E-state index contributed by atoms with van der Waals surface area (Å²) in [5.74, 6) is -0.403. The number of hydrogen-bond donors (Lipinski definition) is 3. The highest BCUT2D eigenvalue weighted by atomic mass is 79.9. The highest BCUT2D eigenvalue weighted by Crippen LogP contribution is 2.35. The predicted octanol–water partition coefficient (Wildman–Crippen LogP) is 2.39. The molecule has 0 unspecified atom stereocenters. The molecule has 8 heteroatoms. The molecule has 4 N–H and O–H groups in total. The molecule has 16 heavy (non-hydrogen) atoms. The molecule has 4 nitrogen and oxygen atoms in total. The molecular formula is C8H7BrF3N3O. The summed E-state index contributed by atoms with van der Waals surface area (Å²) in [6.45, 7) is 0. The molecule has 1 rings (SSSR count). The second-order valence-electron chi connectivity index (χ2n) is 2.77. The van der Waals surface area contributed by atoms with E-state index in [-0.39, 0.29) is 5.69 Å². The highest BCUT2D eigenvalue weighted by molar-refractivity contribution is 9.10. The third-order valence-corrected chi connectivity index (χ3v) is 2.30. The molecule has 0 spiro atoms. The minimum absolute atomic E-state index is 0.0334. The molecule has 0 fully saturated rings. The van der Waals surface area contributed by atoms with Crippen LogP contribution >= 0.6 is 15.9 Å². The number of hydrogen-bond acceptors (Lipinski definition) is 2. The van der Waals surface area contributed by atoms with Crippen molar-refractivity contribution >= 4 is 27.6 Å². The minimum atomic E-state index is -4.45. The van der Waals surface area contributed by atoms with Gasteiger partial charge in [0.15, 0.2) is 0 Å². The van der Waals surface area contributed by atoms with E-state index < -0.39 is 17.7 Å². The molecule has 0 atom stereocenters. The van der Waals surface area contributed by atoms with Crippen molar-refractivity contribution in [2.75, 3.05) is 0 Å². The first kappa shape index (κ1) is 12.8. The van der Waals surface area contributed by atoms with Gasteiger partial charge in [-0.2, -0.15) is 13.2 Å². The zero-order valence-electron chi connectivity index (χ0n) is 7.72. The fourth-order valence-corrected chi connectivity index (χ4v) is 1.26. The Kier molecular flexibility index (Phi) is 3.76. The molecular weight excluding hydrogens is 291 g/mol. The van der Waals surface area contributed by atoms with E-state index in [1.165, 1.54) is 11.5 Å². The Bertz CT molecular complexity index is 419. The van der Waals surface area contributed by atoms with Crippen molar-refractivity contribution in [1.29, 1.82) is 0 Å². The van der Waals surface area contributed by atoms with Gasteiger partial charge in [-0.3, -0.25) is 5.21 Å². The van der Waals surface area contributed by atoms with E-state index in [9.17, 15) is 13.2 Å². The lowest BCUT2D eigenvalue weighted by Crippen LogP contribution is -2.27. The molecule has 0 aliphatic heterocycles. The fourth-order valence-electron chi connectivity index (χ4n) is 0.929. The van der Waals surface area contributed by atoms with Gasteiger partial charge in [0.05, 0.1) is 11.3 Å². The van der Waals surface area contributed by atoms with Crippen molar-refractivity contribution < 1.29 is 18.4 Å². The summed E-state index contributed by atoms with van der Waals surface area (Å²) in [6, 6.07) is 2.92. The van der Waals surface area contributed by atoms with E-state index in [0.717, 1.165) is 12.1 Å². The summed E-state index contributed by atoms with van der Waals surface area (Å²) in [4.78, 5) is 3.54. The number of halogens is 4. The highest BCUT2D eigenvalue weighted by Gasteiger charge is 2.30. The quantitative estimate of drug-likeness (QED) is 0.423. The van der Waals surface area contributed by atoms with Crippen LogP contribution in [0, 0.1) is 0 Å². The fraction of sp³-hybridized carbons (Fsp3) is 0.125. The molecule has 0 aliphatic carbocycles. The number of rotatable bonds is 1. The Labute approximate surface area is 97.1 Å². The second kappa shape index (κ2) is 4.71. The van der Waals surface area contributed by atoms with Gasteiger partial charge in [0.25, 0.3) is 0 Å². The van der Waals surface area contributed by atoms with Crippen LogP contribution in [0.1, 0.15) is 5.56 Å². The van der Waals surface area contributed by atoms with Crippen molar-refractivity contribution in [2.24, 2.45) is 10.7 Å². The predicted molar refractivity (Wildman–Crippen MR) is 55.3 cm³/mol. The monoisotopic (exact) mass is 297 g/mol. The Balaban J connectivity index is 3.19. The first-order valence-electron chi connectivity index (χ1n) is 3.95. The van der Waals surface area contributed by atoms with Crippen LogP contribution in [-0.2, 0) is 6.18 Å². The topological polar surface area (TPSA) is 70.6 Å². The van der Waals surface area contributed by atoms with Crippen molar-refractivity contribution in [3.05, 3.63) is 28.2 Å². The summed E-state index contributed by atoms with van der Waals surface area (Å²) < 4.78 is 37.4. The first-order valence-corrected chi connectivity index (χ1v) is 4.75. The van der Waals surface area contributed by atoms with E-state index in [1.54, 1.807) is 0 Å². The van der Waals surface area contributed by atoms with Gasteiger partial charge in [-0.25, -0.2) is 10.5 Å². The zero-order chi connectivity index (χ0) is 12.3. The van der Waals surface area contributed by atoms with Crippen LogP contribution < -0.4 is 11.2 Å². The molecule has 0 saturated heterocycles.